The highest BCUT2D eigenvalue weighted by Crippen LogP contribution is 2.30. The molecule has 0 atom stereocenters. The first-order valence-corrected chi connectivity index (χ1v) is 10.8. The molecule has 3 aromatic heterocycles. The Morgan fingerprint density at radius 2 is 1.82 bits per heavy atom. The van der Waals surface area contributed by atoms with Crippen LogP contribution in [0.15, 0.2) is 29.7 Å². The third-order valence-electron chi connectivity index (χ3n) is 5.22. The second-order valence-electron chi connectivity index (χ2n) is 8.30. The average molecular weight is 404 g/mol. The number of hydrogen-bond donors (Lipinski definition) is 0. The smallest absolute Gasteiger partial charge is 0.276 e. The van der Waals surface area contributed by atoms with Crippen molar-refractivity contribution in [2.24, 2.45) is 7.05 Å². The summed E-state index contributed by atoms with van der Waals surface area (Å²) in [6.07, 6.45) is 4.48. The normalized spacial score (nSPS) is 17.4. The Hall–Kier alpha value is -2.33. The van der Waals surface area contributed by atoms with Gasteiger partial charge in [-0.1, -0.05) is 20.8 Å². The van der Waals surface area contributed by atoms with Crippen molar-refractivity contribution >= 4 is 15.7 Å². The van der Waals surface area contributed by atoms with Gasteiger partial charge in [0.15, 0.2) is 11.5 Å². The molecule has 4 heterocycles. The van der Waals surface area contributed by atoms with Gasteiger partial charge in [0, 0.05) is 43.9 Å². The molecule has 0 N–H and O–H groups in total. The zero-order valence-electron chi connectivity index (χ0n) is 16.6. The summed E-state index contributed by atoms with van der Waals surface area (Å²) in [5.74, 6) is 0.917. The van der Waals surface area contributed by atoms with Gasteiger partial charge in [-0.05, 0) is 25.0 Å². The van der Waals surface area contributed by atoms with Gasteiger partial charge in [-0.2, -0.15) is 13.9 Å². The number of nitrogens with zero attached hydrogens (tertiary/aromatic N) is 7. The standard InChI is InChI=1S/C18H25N7O2S/c1-18(2,3)14-5-6-15-20-21-16(25(15)22-14)13-7-10-24(11-8-13)28(26,27)17-19-9-12-23(17)4/h5-6,9,12-13H,7-8,10-11H2,1-4H3. The Morgan fingerprint density at radius 3 is 2.43 bits per heavy atom. The summed E-state index contributed by atoms with van der Waals surface area (Å²) in [6, 6.07) is 3.92. The van der Waals surface area contributed by atoms with Gasteiger partial charge in [0.25, 0.3) is 10.0 Å². The van der Waals surface area contributed by atoms with Crippen LogP contribution >= 0.6 is 0 Å². The van der Waals surface area contributed by atoms with E-state index in [0.29, 0.717) is 31.6 Å². The van der Waals surface area contributed by atoms with E-state index in [0.717, 1.165) is 11.5 Å². The number of fused-ring (bicyclic) bond motifs is 1. The summed E-state index contributed by atoms with van der Waals surface area (Å²) in [7, 11) is -1.90. The predicted molar refractivity (Wildman–Crippen MR) is 103 cm³/mol. The first-order valence-electron chi connectivity index (χ1n) is 9.38. The minimum absolute atomic E-state index is 0.0742. The Bertz CT molecular complexity index is 1100. The molecule has 0 aliphatic carbocycles. The summed E-state index contributed by atoms with van der Waals surface area (Å²) >= 11 is 0. The molecule has 1 fully saturated rings. The van der Waals surface area contributed by atoms with Crippen LogP contribution < -0.4 is 0 Å². The van der Waals surface area contributed by atoms with Crippen molar-refractivity contribution < 1.29 is 8.42 Å². The van der Waals surface area contributed by atoms with Crippen molar-refractivity contribution in [2.45, 2.75) is 50.1 Å². The topological polar surface area (TPSA) is 98.3 Å². The highest BCUT2D eigenvalue weighted by molar-refractivity contribution is 7.89. The summed E-state index contributed by atoms with van der Waals surface area (Å²) in [6.45, 7) is 7.20. The molecular weight excluding hydrogens is 378 g/mol. The first kappa shape index (κ1) is 19.0. The van der Waals surface area contributed by atoms with Crippen LogP contribution in [0.1, 0.15) is 51.0 Å². The van der Waals surface area contributed by atoms with Gasteiger partial charge >= 0.3 is 0 Å². The van der Waals surface area contributed by atoms with E-state index in [-0.39, 0.29) is 16.5 Å². The van der Waals surface area contributed by atoms with Gasteiger partial charge in [0.2, 0.25) is 5.16 Å². The SMILES string of the molecule is Cn1ccnc1S(=O)(=O)N1CCC(c2nnc3ccc(C(C)(C)C)nn23)CC1. The van der Waals surface area contributed by atoms with Crippen molar-refractivity contribution in [3.8, 4) is 0 Å². The number of sulfonamides is 1. The van der Waals surface area contributed by atoms with E-state index in [1.807, 2.05) is 16.6 Å². The van der Waals surface area contributed by atoms with Gasteiger partial charge < -0.3 is 4.57 Å². The lowest BCUT2D eigenvalue weighted by atomic mass is 9.92. The number of hydrogen-bond acceptors (Lipinski definition) is 6. The first-order chi connectivity index (χ1) is 13.2. The number of piperidine rings is 1. The van der Waals surface area contributed by atoms with Crippen LogP contribution in [0.5, 0.6) is 0 Å². The molecular formula is C18H25N7O2S. The van der Waals surface area contributed by atoms with Crippen LogP contribution in [-0.4, -0.2) is 55.2 Å². The van der Waals surface area contributed by atoms with E-state index in [4.69, 9.17) is 5.10 Å². The molecule has 1 aliphatic heterocycles. The Kier molecular flexibility index (Phi) is 4.50. The zero-order valence-corrected chi connectivity index (χ0v) is 17.4. The minimum Gasteiger partial charge on any atom is -0.324 e. The fourth-order valence-electron chi connectivity index (χ4n) is 3.53. The molecule has 0 saturated carbocycles. The van der Waals surface area contributed by atoms with Crippen molar-refractivity contribution in [2.75, 3.05) is 13.1 Å². The van der Waals surface area contributed by atoms with Crippen LogP contribution in [0.2, 0.25) is 0 Å². The Morgan fingerprint density at radius 1 is 1.11 bits per heavy atom. The zero-order chi connectivity index (χ0) is 20.1. The molecule has 28 heavy (non-hydrogen) atoms. The minimum atomic E-state index is -3.58. The summed E-state index contributed by atoms with van der Waals surface area (Å²) in [4.78, 5) is 4.00. The molecule has 0 radical (unpaired) electrons. The number of imidazole rings is 1. The Labute approximate surface area is 164 Å². The largest absolute Gasteiger partial charge is 0.324 e. The highest BCUT2D eigenvalue weighted by atomic mass is 32.2. The van der Waals surface area contributed by atoms with E-state index in [2.05, 4.69) is 36.0 Å². The van der Waals surface area contributed by atoms with Crippen LogP contribution in [0.4, 0.5) is 0 Å². The van der Waals surface area contributed by atoms with Crippen LogP contribution in [-0.2, 0) is 22.5 Å². The van der Waals surface area contributed by atoms with Crippen LogP contribution in [0.3, 0.4) is 0 Å². The lowest BCUT2D eigenvalue weighted by molar-refractivity contribution is 0.308. The molecule has 150 valence electrons. The van der Waals surface area contributed by atoms with Crippen LogP contribution in [0.25, 0.3) is 5.65 Å². The molecule has 0 aromatic carbocycles. The monoisotopic (exact) mass is 403 g/mol. The van der Waals surface area contributed by atoms with E-state index in [9.17, 15) is 8.42 Å². The van der Waals surface area contributed by atoms with E-state index in [1.54, 1.807) is 13.2 Å². The van der Waals surface area contributed by atoms with E-state index in [1.165, 1.54) is 15.1 Å². The van der Waals surface area contributed by atoms with Gasteiger partial charge in [0.1, 0.15) is 0 Å². The average Bonchev–Trinajstić information content (AvgIpc) is 3.27. The van der Waals surface area contributed by atoms with Crippen molar-refractivity contribution in [1.82, 2.24) is 33.7 Å². The lowest BCUT2D eigenvalue weighted by Crippen LogP contribution is -2.39. The number of aryl methyl sites for hydroxylation is 1. The molecule has 3 aromatic rings. The van der Waals surface area contributed by atoms with Gasteiger partial charge in [-0.25, -0.2) is 13.4 Å². The van der Waals surface area contributed by atoms with Crippen molar-refractivity contribution in [3.05, 3.63) is 36.0 Å². The number of rotatable bonds is 3. The maximum Gasteiger partial charge on any atom is 0.276 e. The van der Waals surface area contributed by atoms with E-state index < -0.39 is 10.0 Å². The third-order valence-corrected chi connectivity index (χ3v) is 7.12. The third kappa shape index (κ3) is 3.20. The maximum atomic E-state index is 12.8. The van der Waals surface area contributed by atoms with Crippen molar-refractivity contribution in [1.29, 1.82) is 0 Å². The molecule has 0 bridgehead atoms. The fraction of sp³-hybridized carbons (Fsp3) is 0.556. The predicted octanol–water partition coefficient (Wildman–Crippen LogP) is 1.72. The Balaban J connectivity index is 1.57. The molecule has 0 unspecified atom stereocenters. The second-order valence-corrected chi connectivity index (χ2v) is 10.1. The van der Waals surface area contributed by atoms with Gasteiger partial charge in [0.05, 0.1) is 5.69 Å². The van der Waals surface area contributed by atoms with Crippen molar-refractivity contribution in [3.63, 3.8) is 0 Å². The summed E-state index contributed by atoms with van der Waals surface area (Å²) in [5, 5.41) is 13.4. The molecule has 10 heteroatoms. The quantitative estimate of drug-likeness (QED) is 0.660. The van der Waals surface area contributed by atoms with Gasteiger partial charge in [-0.3, -0.25) is 0 Å². The van der Waals surface area contributed by atoms with Gasteiger partial charge in [-0.15, -0.1) is 10.2 Å². The maximum absolute atomic E-state index is 12.8. The summed E-state index contributed by atoms with van der Waals surface area (Å²) < 4.78 is 30.5. The van der Waals surface area contributed by atoms with E-state index >= 15 is 0 Å². The molecule has 1 aliphatic rings. The van der Waals surface area contributed by atoms with Crippen LogP contribution in [0, 0.1) is 0 Å². The highest BCUT2D eigenvalue weighted by Gasteiger charge is 2.34. The second kappa shape index (κ2) is 6.63. The molecule has 4 rings (SSSR count). The molecule has 0 amide bonds. The fourth-order valence-corrected chi connectivity index (χ4v) is 5.07. The molecule has 1 saturated heterocycles. The molecule has 0 spiro atoms. The lowest BCUT2D eigenvalue weighted by Gasteiger charge is -2.29. The molecule has 9 nitrogen and oxygen atoms in total. The summed E-state index contributed by atoms with van der Waals surface area (Å²) in [5.41, 5.74) is 1.61. The number of aromatic nitrogens is 6.